The molecule has 96 valence electrons. The normalized spacial score (nSPS) is 12.8. The molecule has 2 heteroatoms. The molecule has 1 N–H and O–H groups in total. The van der Waals surface area contributed by atoms with Crippen LogP contribution in [0.1, 0.15) is 44.2 Å². The standard InChI is InChI=1S/C15H25NO/c1-11(2)16-9-8-12(3)15-7-6-14(17-5)10-13(15)4/h6-7,10-12,16H,8-9H2,1-5H3. The third-order valence-corrected chi connectivity index (χ3v) is 3.14. The highest BCUT2D eigenvalue weighted by Crippen LogP contribution is 2.25. The minimum absolute atomic E-state index is 0.569. The fourth-order valence-electron chi connectivity index (χ4n) is 2.07. The summed E-state index contributed by atoms with van der Waals surface area (Å²) in [5.41, 5.74) is 2.75. The number of benzene rings is 1. The van der Waals surface area contributed by atoms with Gasteiger partial charge in [-0.1, -0.05) is 26.8 Å². The van der Waals surface area contributed by atoms with E-state index < -0.39 is 0 Å². The molecular weight excluding hydrogens is 210 g/mol. The summed E-state index contributed by atoms with van der Waals surface area (Å²) in [7, 11) is 1.71. The minimum atomic E-state index is 0.569. The van der Waals surface area contributed by atoms with Crippen LogP contribution in [0, 0.1) is 6.92 Å². The van der Waals surface area contributed by atoms with Crippen LogP contribution in [0.4, 0.5) is 0 Å². The molecule has 0 aromatic heterocycles. The smallest absolute Gasteiger partial charge is 0.119 e. The zero-order valence-corrected chi connectivity index (χ0v) is 11.7. The first kappa shape index (κ1) is 14.0. The molecule has 17 heavy (non-hydrogen) atoms. The average molecular weight is 235 g/mol. The first-order valence-electron chi connectivity index (χ1n) is 6.42. The van der Waals surface area contributed by atoms with Gasteiger partial charge < -0.3 is 10.1 Å². The summed E-state index contributed by atoms with van der Waals surface area (Å²) in [4.78, 5) is 0. The zero-order valence-electron chi connectivity index (χ0n) is 11.7. The van der Waals surface area contributed by atoms with E-state index in [1.807, 2.05) is 0 Å². The summed E-state index contributed by atoms with van der Waals surface area (Å²) in [5, 5.41) is 3.46. The predicted octanol–water partition coefficient (Wildman–Crippen LogP) is 3.50. The summed E-state index contributed by atoms with van der Waals surface area (Å²) in [6.07, 6.45) is 1.17. The Morgan fingerprint density at radius 3 is 2.47 bits per heavy atom. The molecule has 0 heterocycles. The Balaban J connectivity index is 2.59. The molecular formula is C15H25NO. The summed E-state index contributed by atoms with van der Waals surface area (Å²) in [6.45, 7) is 9.89. The molecule has 1 atom stereocenters. The van der Waals surface area contributed by atoms with Gasteiger partial charge in [0.25, 0.3) is 0 Å². The second-order valence-electron chi connectivity index (χ2n) is 5.02. The number of ether oxygens (including phenoxy) is 1. The van der Waals surface area contributed by atoms with E-state index in [9.17, 15) is 0 Å². The van der Waals surface area contributed by atoms with Crippen LogP contribution in [0.2, 0.25) is 0 Å². The van der Waals surface area contributed by atoms with Gasteiger partial charge in [0.15, 0.2) is 0 Å². The Morgan fingerprint density at radius 2 is 1.94 bits per heavy atom. The van der Waals surface area contributed by atoms with Gasteiger partial charge in [0.1, 0.15) is 5.75 Å². The molecule has 1 aromatic rings. The van der Waals surface area contributed by atoms with E-state index in [4.69, 9.17) is 4.74 Å². The van der Waals surface area contributed by atoms with Crippen molar-refractivity contribution < 1.29 is 4.74 Å². The molecule has 0 spiro atoms. The molecule has 0 bridgehead atoms. The molecule has 0 aliphatic heterocycles. The number of hydrogen-bond donors (Lipinski definition) is 1. The second kappa shape index (κ2) is 6.65. The van der Waals surface area contributed by atoms with E-state index in [0.717, 1.165) is 12.3 Å². The van der Waals surface area contributed by atoms with Crippen molar-refractivity contribution in [1.82, 2.24) is 5.32 Å². The van der Waals surface area contributed by atoms with Gasteiger partial charge in [0, 0.05) is 6.04 Å². The second-order valence-corrected chi connectivity index (χ2v) is 5.02. The predicted molar refractivity (Wildman–Crippen MR) is 73.9 cm³/mol. The zero-order chi connectivity index (χ0) is 12.8. The number of rotatable bonds is 6. The van der Waals surface area contributed by atoms with Crippen LogP contribution in [0.3, 0.4) is 0 Å². The summed E-state index contributed by atoms with van der Waals surface area (Å²) < 4.78 is 5.23. The first-order chi connectivity index (χ1) is 8.04. The highest BCUT2D eigenvalue weighted by atomic mass is 16.5. The molecule has 0 saturated heterocycles. The fourth-order valence-corrected chi connectivity index (χ4v) is 2.07. The fraction of sp³-hybridized carbons (Fsp3) is 0.600. The maximum Gasteiger partial charge on any atom is 0.119 e. The third kappa shape index (κ3) is 4.39. The van der Waals surface area contributed by atoms with Gasteiger partial charge >= 0.3 is 0 Å². The van der Waals surface area contributed by atoms with E-state index in [-0.39, 0.29) is 0 Å². The van der Waals surface area contributed by atoms with E-state index in [0.29, 0.717) is 12.0 Å². The quantitative estimate of drug-likeness (QED) is 0.815. The lowest BCUT2D eigenvalue weighted by Gasteiger charge is -2.17. The van der Waals surface area contributed by atoms with Crippen molar-refractivity contribution in [2.24, 2.45) is 0 Å². The topological polar surface area (TPSA) is 21.3 Å². The van der Waals surface area contributed by atoms with E-state index >= 15 is 0 Å². The molecule has 1 rings (SSSR count). The number of aryl methyl sites for hydroxylation is 1. The van der Waals surface area contributed by atoms with Crippen molar-refractivity contribution in [1.29, 1.82) is 0 Å². The van der Waals surface area contributed by atoms with Crippen molar-refractivity contribution in [3.8, 4) is 5.75 Å². The molecule has 1 aromatic carbocycles. The summed E-state index contributed by atoms with van der Waals surface area (Å²) in [5.74, 6) is 1.53. The van der Waals surface area contributed by atoms with Crippen LogP contribution in [0.25, 0.3) is 0 Å². The van der Waals surface area contributed by atoms with Crippen LogP contribution in [-0.2, 0) is 0 Å². The van der Waals surface area contributed by atoms with Crippen molar-refractivity contribution in [2.75, 3.05) is 13.7 Å². The monoisotopic (exact) mass is 235 g/mol. The van der Waals surface area contributed by atoms with Gasteiger partial charge in [0.2, 0.25) is 0 Å². The van der Waals surface area contributed by atoms with Crippen LogP contribution in [0.5, 0.6) is 5.75 Å². The van der Waals surface area contributed by atoms with E-state index in [2.05, 4.69) is 51.2 Å². The van der Waals surface area contributed by atoms with Crippen molar-refractivity contribution in [3.63, 3.8) is 0 Å². The number of methoxy groups -OCH3 is 1. The summed E-state index contributed by atoms with van der Waals surface area (Å²) in [6, 6.07) is 6.92. The SMILES string of the molecule is COc1ccc(C(C)CCNC(C)C)c(C)c1. The lowest BCUT2D eigenvalue weighted by Crippen LogP contribution is -2.24. The molecule has 0 saturated carbocycles. The average Bonchev–Trinajstić information content (AvgIpc) is 2.28. The largest absolute Gasteiger partial charge is 0.497 e. The molecule has 0 aliphatic carbocycles. The highest BCUT2D eigenvalue weighted by Gasteiger charge is 2.09. The third-order valence-electron chi connectivity index (χ3n) is 3.14. The van der Waals surface area contributed by atoms with Gasteiger partial charge in [0.05, 0.1) is 7.11 Å². The first-order valence-corrected chi connectivity index (χ1v) is 6.42. The Hall–Kier alpha value is -1.02. The highest BCUT2D eigenvalue weighted by molar-refractivity contribution is 5.36. The molecule has 0 fully saturated rings. The number of nitrogens with one attached hydrogen (secondary N) is 1. The lowest BCUT2D eigenvalue weighted by molar-refractivity contribution is 0.414. The Labute approximate surface area is 105 Å². The van der Waals surface area contributed by atoms with Crippen LogP contribution in [0.15, 0.2) is 18.2 Å². The molecule has 0 amide bonds. The molecule has 1 unspecified atom stereocenters. The summed E-state index contributed by atoms with van der Waals surface area (Å²) >= 11 is 0. The lowest BCUT2D eigenvalue weighted by atomic mass is 9.93. The Kier molecular flexibility index (Phi) is 5.49. The number of hydrogen-bond acceptors (Lipinski definition) is 2. The molecule has 0 radical (unpaired) electrons. The van der Waals surface area contributed by atoms with Crippen LogP contribution < -0.4 is 10.1 Å². The van der Waals surface area contributed by atoms with Gasteiger partial charge in [-0.15, -0.1) is 0 Å². The van der Waals surface area contributed by atoms with E-state index in [1.165, 1.54) is 17.5 Å². The molecule has 2 nitrogen and oxygen atoms in total. The maximum atomic E-state index is 5.23. The van der Waals surface area contributed by atoms with Gasteiger partial charge in [-0.2, -0.15) is 0 Å². The van der Waals surface area contributed by atoms with Crippen LogP contribution in [-0.4, -0.2) is 19.7 Å². The van der Waals surface area contributed by atoms with Crippen molar-refractivity contribution >= 4 is 0 Å². The molecule has 0 aliphatic rings. The minimum Gasteiger partial charge on any atom is -0.497 e. The van der Waals surface area contributed by atoms with Gasteiger partial charge in [-0.05, 0) is 49.1 Å². The Bertz CT molecular complexity index is 347. The maximum absolute atomic E-state index is 5.23. The van der Waals surface area contributed by atoms with E-state index in [1.54, 1.807) is 7.11 Å². The van der Waals surface area contributed by atoms with Crippen molar-refractivity contribution in [3.05, 3.63) is 29.3 Å². The van der Waals surface area contributed by atoms with Crippen molar-refractivity contribution in [2.45, 2.75) is 46.1 Å². The Morgan fingerprint density at radius 1 is 1.24 bits per heavy atom. The van der Waals surface area contributed by atoms with Gasteiger partial charge in [-0.25, -0.2) is 0 Å². The van der Waals surface area contributed by atoms with Crippen LogP contribution >= 0.6 is 0 Å². The van der Waals surface area contributed by atoms with Gasteiger partial charge in [-0.3, -0.25) is 0 Å².